The molecule has 0 spiro atoms. The van der Waals surface area contributed by atoms with Gasteiger partial charge >= 0.3 is 0 Å². The lowest BCUT2D eigenvalue weighted by Crippen LogP contribution is -2.30. The summed E-state index contributed by atoms with van der Waals surface area (Å²) in [5, 5.41) is 3.19. The Hall–Kier alpha value is -3.44. The van der Waals surface area contributed by atoms with Crippen molar-refractivity contribution in [2.24, 2.45) is 0 Å². The molecular formula is C28H32N8O2S. The molecule has 39 heavy (non-hydrogen) atoms. The normalized spacial score (nSPS) is 16.0. The van der Waals surface area contributed by atoms with Crippen molar-refractivity contribution in [1.82, 2.24) is 34.5 Å². The number of pyridine rings is 1. The first-order valence-electron chi connectivity index (χ1n) is 13.5. The van der Waals surface area contributed by atoms with Crippen molar-refractivity contribution in [2.45, 2.75) is 68.8 Å². The van der Waals surface area contributed by atoms with Crippen LogP contribution in [-0.2, 0) is 11.3 Å². The summed E-state index contributed by atoms with van der Waals surface area (Å²) in [6.45, 7) is 4.78. The molecule has 0 aromatic carbocycles. The quantitative estimate of drug-likeness (QED) is 0.265. The molecule has 6 rings (SSSR count). The van der Waals surface area contributed by atoms with E-state index < -0.39 is 0 Å². The molecule has 4 heterocycles. The van der Waals surface area contributed by atoms with E-state index in [1.54, 1.807) is 36.0 Å². The van der Waals surface area contributed by atoms with Gasteiger partial charge in [-0.1, -0.05) is 6.92 Å². The van der Waals surface area contributed by atoms with Crippen LogP contribution in [0.5, 0.6) is 0 Å². The SMILES string of the molecule is CCSc1ccc(CNc2nc3cnc(-c4c(C5CC5)ncnc4C4CC4)nc3n([C@H](C)COC)c2=O)nc1. The molecule has 2 saturated carbocycles. The summed E-state index contributed by atoms with van der Waals surface area (Å²) in [5.41, 5.74) is 4.55. The molecule has 0 radical (unpaired) electrons. The monoisotopic (exact) mass is 544 g/mol. The van der Waals surface area contributed by atoms with E-state index in [2.05, 4.69) is 32.2 Å². The molecule has 1 atom stereocenters. The van der Waals surface area contributed by atoms with Crippen LogP contribution in [0.2, 0.25) is 0 Å². The zero-order valence-electron chi connectivity index (χ0n) is 22.4. The number of rotatable bonds is 11. The number of thioether (sulfide) groups is 1. The van der Waals surface area contributed by atoms with E-state index in [1.807, 2.05) is 25.3 Å². The first-order chi connectivity index (χ1) is 19.1. The molecular weight excluding hydrogens is 512 g/mol. The summed E-state index contributed by atoms with van der Waals surface area (Å²) in [6, 6.07) is 3.74. The highest BCUT2D eigenvalue weighted by Gasteiger charge is 2.35. The molecule has 11 heteroatoms. The summed E-state index contributed by atoms with van der Waals surface area (Å²) >= 11 is 1.74. The van der Waals surface area contributed by atoms with E-state index in [9.17, 15) is 4.79 Å². The number of aromatic nitrogens is 7. The van der Waals surface area contributed by atoms with E-state index in [0.29, 0.717) is 42.0 Å². The Balaban J connectivity index is 1.41. The zero-order valence-corrected chi connectivity index (χ0v) is 23.2. The van der Waals surface area contributed by atoms with Gasteiger partial charge in [0.1, 0.15) is 11.8 Å². The minimum absolute atomic E-state index is 0.232. The van der Waals surface area contributed by atoms with Crippen molar-refractivity contribution in [3.63, 3.8) is 0 Å². The lowest BCUT2D eigenvalue weighted by atomic mass is 10.0. The van der Waals surface area contributed by atoms with Crippen molar-refractivity contribution >= 4 is 28.7 Å². The number of methoxy groups -OCH3 is 1. The molecule has 2 fully saturated rings. The smallest absolute Gasteiger partial charge is 0.295 e. The number of fused-ring (bicyclic) bond motifs is 1. The van der Waals surface area contributed by atoms with Gasteiger partial charge in [0.25, 0.3) is 5.56 Å². The largest absolute Gasteiger partial charge is 0.383 e. The second-order valence-corrected chi connectivity index (χ2v) is 11.5. The van der Waals surface area contributed by atoms with Crippen LogP contribution in [0, 0.1) is 0 Å². The maximum absolute atomic E-state index is 13.8. The fraction of sp³-hybridized carbons (Fsp3) is 0.464. The molecule has 0 amide bonds. The Morgan fingerprint density at radius 1 is 1.05 bits per heavy atom. The van der Waals surface area contributed by atoms with Gasteiger partial charge < -0.3 is 10.1 Å². The van der Waals surface area contributed by atoms with Crippen LogP contribution in [-0.4, -0.2) is 53.9 Å². The van der Waals surface area contributed by atoms with Crippen LogP contribution < -0.4 is 10.9 Å². The summed E-state index contributed by atoms with van der Waals surface area (Å²) in [7, 11) is 1.63. The molecule has 0 saturated heterocycles. The van der Waals surface area contributed by atoms with E-state index in [0.717, 1.165) is 59.0 Å². The average Bonchev–Trinajstić information content (AvgIpc) is 3.86. The highest BCUT2D eigenvalue weighted by Crippen LogP contribution is 2.48. The van der Waals surface area contributed by atoms with Crippen molar-refractivity contribution in [2.75, 3.05) is 24.8 Å². The average molecular weight is 545 g/mol. The Morgan fingerprint density at radius 3 is 2.41 bits per heavy atom. The molecule has 2 aliphatic carbocycles. The molecule has 1 N–H and O–H groups in total. The summed E-state index contributed by atoms with van der Waals surface area (Å²) in [4.78, 5) is 43.0. The second-order valence-electron chi connectivity index (χ2n) is 10.2. The van der Waals surface area contributed by atoms with Gasteiger partial charge in [-0.15, -0.1) is 11.8 Å². The first-order valence-corrected chi connectivity index (χ1v) is 14.5. The van der Waals surface area contributed by atoms with Gasteiger partial charge in [-0.05, 0) is 50.5 Å². The topological polar surface area (TPSA) is 121 Å². The van der Waals surface area contributed by atoms with Gasteiger partial charge in [-0.25, -0.2) is 24.9 Å². The lowest BCUT2D eigenvalue weighted by Gasteiger charge is -2.19. The minimum atomic E-state index is -0.266. The number of nitrogens with zero attached hydrogens (tertiary/aromatic N) is 7. The maximum atomic E-state index is 13.8. The number of nitrogens with one attached hydrogen (secondary N) is 1. The Morgan fingerprint density at radius 2 is 1.79 bits per heavy atom. The van der Waals surface area contributed by atoms with Crippen LogP contribution in [0.15, 0.2) is 40.5 Å². The first kappa shape index (κ1) is 25.8. The van der Waals surface area contributed by atoms with E-state index in [1.165, 1.54) is 0 Å². The molecule has 4 aromatic rings. The molecule has 4 aromatic heterocycles. The highest BCUT2D eigenvalue weighted by molar-refractivity contribution is 7.99. The third kappa shape index (κ3) is 5.38. The van der Waals surface area contributed by atoms with Gasteiger partial charge in [-0.2, -0.15) is 0 Å². The number of anilines is 1. The van der Waals surface area contributed by atoms with E-state index >= 15 is 0 Å². The second kappa shape index (κ2) is 11.0. The fourth-order valence-corrected chi connectivity index (χ4v) is 5.50. The van der Waals surface area contributed by atoms with Gasteiger partial charge in [0, 0.05) is 30.0 Å². The van der Waals surface area contributed by atoms with Gasteiger partial charge in [0.15, 0.2) is 17.3 Å². The molecule has 0 bridgehead atoms. The predicted molar refractivity (Wildman–Crippen MR) is 151 cm³/mol. The van der Waals surface area contributed by atoms with Crippen molar-refractivity contribution < 1.29 is 4.74 Å². The number of ether oxygens (including phenoxy) is 1. The summed E-state index contributed by atoms with van der Waals surface area (Å²) in [6.07, 6.45) is 9.69. The van der Waals surface area contributed by atoms with Crippen LogP contribution in [0.1, 0.15) is 74.5 Å². The van der Waals surface area contributed by atoms with E-state index in [-0.39, 0.29) is 17.4 Å². The van der Waals surface area contributed by atoms with E-state index in [4.69, 9.17) is 14.7 Å². The Bertz CT molecular complexity index is 1520. The third-order valence-electron chi connectivity index (χ3n) is 7.08. The predicted octanol–water partition coefficient (Wildman–Crippen LogP) is 4.72. The van der Waals surface area contributed by atoms with Crippen molar-refractivity contribution in [3.8, 4) is 11.4 Å². The molecule has 10 nitrogen and oxygen atoms in total. The van der Waals surface area contributed by atoms with Crippen LogP contribution in [0.4, 0.5) is 5.82 Å². The Labute approximate surface area is 231 Å². The number of hydrogen-bond acceptors (Lipinski definition) is 10. The minimum Gasteiger partial charge on any atom is -0.383 e. The highest BCUT2D eigenvalue weighted by atomic mass is 32.2. The molecule has 202 valence electrons. The lowest BCUT2D eigenvalue weighted by molar-refractivity contribution is 0.162. The molecule has 0 unspecified atom stereocenters. The zero-order chi connectivity index (χ0) is 26.9. The fourth-order valence-electron chi connectivity index (χ4n) is 4.88. The van der Waals surface area contributed by atoms with Crippen LogP contribution in [0.25, 0.3) is 22.6 Å². The van der Waals surface area contributed by atoms with Crippen molar-refractivity contribution in [1.29, 1.82) is 0 Å². The number of hydrogen-bond donors (Lipinski definition) is 1. The van der Waals surface area contributed by atoms with Gasteiger partial charge in [0.05, 0.1) is 48.0 Å². The third-order valence-corrected chi connectivity index (χ3v) is 7.95. The molecule has 2 aliphatic rings. The summed E-state index contributed by atoms with van der Waals surface area (Å²) in [5.74, 6) is 2.62. The van der Waals surface area contributed by atoms with Gasteiger partial charge in [-0.3, -0.25) is 14.3 Å². The van der Waals surface area contributed by atoms with Crippen LogP contribution >= 0.6 is 11.8 Å². The van der Waals surface area contributed by atoms with Crippen LogP contribution in [0.3, 0.4) is 0 Å². The standard InChI is InChI=1S/C28H32N8O2S/c1-4-39-20-10-9-19(29-12-20)11-30-26-28(37)36(16(2)14-38-3)27-21(34-26)13-31-25(35-27)22-23(17-5-6-17)32-15-33-24(22)18-7-8-18/h9-10,12-13,15-18H,4-8,11,14H2,1-3H3,(H,30,34)/t16-/m1/s1. The van der Waals surface area contributed by atoms with Gasteiger partial charge in [0.2, 0.25) is 0 Å². The maximum Gasteiger partial charge on any atom is 0.295 e. The van der Waals surface area contributed by atoms with Crippen molar-refractivity contribution in [3.05, 3.63) is 58.3 Å². The summed E-state index contributed by atoms with van der Waals surface area (Å²) < 4.78 is 7.08. The Kier molecular flexibility index (Phi) is 7.26. The molecule has 0 aliphatic heterocycles.